The first-order chi connectivity index (χ1) is 32.1. The van der Waals surface area contributed by atoms with Crippen LogP contribution in [0.2, 0.25) is 0 Å². The Labute approximate surface area is 391 Å². The number of halogens is 1. The number of methoxy groups -OCH3 is 2. The number of amides is 4. The van der Waals surface area contributed by atoms with Crippen LogP contribution in [-0.4, -0.2) is 117 Å². The standard InChI is InChI=1S/C50H65FN8O8/c1-26-9-17-41(58(26)47(60)43(56-49(62)64-7)35-19-28(3)66-29(4)20-35)45-52-24-39(54-45)33-13-11-32(12-14-33)34-15-16-37(38(51)23-34)40-25-53-46(55-40)42-18-10-27(2)59(42)48(61)44(57-50(63)65-8)36-21-30(5)67-31(6)22-36/h11-16,23-31,35-36,41-44H,9-10,17-22H2,1-8H3,(H,52,54)(H,53,55)(H,56,62)(H,57,63)/t26-,27-,28+,29+,30+,31+,41-,42-,43?,44-/m0/s1. The quantitative estimate of drug-likeness (QED) is 0.114. The molecule has 8 rings (SSSR count). The number of ether oxygens (including phenoxy) is 4. The number of imidazole rings is 2. The van der Waals surface area contributed by atoms with Gasteiger partial charge in [0.2, 0.25) is 11.8 Å². The van der Waals surface area contributed by atoms with Gasteiger partial charge in [0.05, 0.1) is 74.5 Å². The molecule has 4 fully saturated rings. The third kappa shape index (κ3) is 10.2. The Kier molecular flexibility index (Phi) is 14.4. The van der Waals surface area contributed by atoms with Crippen LogP contribution in [0.4, 0.5) is 14.0 Å². The van der Waals surface area contributed by atoms with E-state index in [1.54, 1.807) is 18.5 Å². The van der Waals surface area contributed by atoms with Crippen LogP contribution in [0.1, 0.15) is 117 Å². The molecule has 4 amide bonds. The zero-order valence-corrected chi connectivity index (χ0v) is 39.7. The number of aromatic amines is 2. The molecule has 0 bridgehead atoms. The Morgan fingerprint density at radius 1 is 0.627 bits per heavy atom. The van der Waals surface area contributed by atoms with Crippen LogP contribution in [-0.2, 0) is 28.5 Å². The molecule has 16 nitrogen and oxygen atoms in total. The van der Waals surface area contributed by atoms with Crippen molar-refractivity contribution in [2.45, 2.75) is 154 Å². The van der Waals surface area contributed by atoms with Crippen molar-refractivity contribution in [3.63, 3.8) is 0 Å². The van der Waals surface area contributed by atoms with E-state index >= 15 is 4.39 Å². The lowest BCUT2D eigenvalue weighted by molar-refractivity contribution is -0.141. The molecule has 1 unspecified atom stereocenters. The molecule has 67 heavy (non-hydrogen) atoms. The normalized spacial score (nSPS) is 28.4. The van der Waals surface area contributed by atoms with Crippen molar-refractivity contribution >= 4 is 24.0 Å². The summed E-state index contributed by atoms with van der Waals surface area (Å²) in [6, 6.07) is 10.4. The maximum atomic E-state index is 16.0. The summed E-state index contributed by atoms with van der Waals surface area (Å²) in [6.45, 7) is 12.0. The lowest BCUT2D eigenvalue weighted by atomic mass is 9.85. The lowest BCUT2D eigenvalue weighted by Gasteiger charge is -2.39. The highest BCUT2D eigenvalue weighted by molar-refractivity contribution is 5.88. The molecule has 4 aliphatic heterocycles. The summed E-state index contributed by atoms with van der Waals surface area (Å²) in [6.07, 6.45) is 7.28. The van der Waals surface area contributed by atoms with E-state index < -0.39 is 30.1 Å². The van der Waals surface area contributed by atoms with Crippen LogP contribution >= 0.6 is 0 Å². The van der Waals surface area contributed by atoms with Gasteiger partial charge in [-0.25, -0.2) is 23.9 Å². The number of aromatic nitrogens is 4. The number of nitrogens with zero attached hydrogens (tertiary/aromatic N) is 4. The molecule has 0 spiro atoms. The van der Waals surface area contributed by atoms with Crippen LogP contribution in [0, 0.1) is 17.7 Å². The number of alkyl carbamates (subject to hydrolysis) is 2. The van der Waals surface area contributed by atoms with Crippen molar-refractivity contribution in [2.75, 3.05) is 14.2 Å². The van der Waals surface area contributed by atoms with Crippen molar-refractivity contribution in [1.29, 1.82) is 0 Å². The molecule has 6 heterocycles. The number of hydrogen-bond donors (Lipinski definition) is 4. The highest BCUT2D eigenvalue weighted by atomic mass is 19.1. The summed E-state index contributed by atoms with van der Waals surface area (Å²) < 4.78 is 37.8. The summed E-state index contributed by atoms with van der Waals surface area (Å²) in [5.41, 5.74) is 4.01. The number of likely N-dealkylation sites (tertiary alicyclic amines) is 2. The van der Waals surface area contributed by atoms with Crippen LogP contribution in [0.25, 0.3) is 33.6 Å². The second kappa shape index (κ2) is 20.2. The highest BCUT2D eigenvalue weighted by Gasteiger charge is 2.46. The molecular weight excluding hydrogens is 860 g/mol. The summed E-state index contributed by atoms with van der Waals surface area (Å²) >= 11 is 0. The predicted octanol–water partition coefficient (Wildman–Crippen LogP) is 8.23. The lowest BCUT2D eigenvalue weighted by Crippen LogP contribution is -2.55. The fraction of sp³-hybridized carbons (Fsp3) is 0.560. The molecular formula is C50H65FN8O8. The van der Waals surface area contributed by atoms with Crippen LogP contribution in [0.3, 0.4) is 0 Å². The fourth-order valence-corrected chi connectivity index (χ4v) is 11.2. The van der Waals surface area contributed by atoms with Gasteiger partial charge in [-0.15, -0.1) is 0 Å². The third-order valence-corrected chi connectivity index (χ3v) is 14.3. The molecule has 0 saturated carbocycles. The largest absolute Gasteiger partial charge is 0.453 e. The van der Waals surface area contributed by atoms with Gasteiger partial charge in [-0.05, 0) is 134 Å². The monoisotopic (exact) mass is 924 g/mol. The molecule has 360 valence electrons. The zero-order chi connectivity index (χ0) is 47.7. The topological polar surface area (TPSA) is 193 Å². The smallest absolute Gasteiger partial charge is 0.407 e. The predicted molar refractivity (Wildman–Crippen MR) is 248 cm³/mol. The number of carbonyl (C=O) groups is 4. The van der Waals surface area contributed by atoms with E-state index in [-0.39, 0.29) is 72.2 Å². The van der Waals surface area contributed by atoms with Gasteiger partial charge in [-0.1, -0.05) is 30.3 Å². The second-order valence-corrected chi connectivity index (χ2v) is 19.2. The molecule has 17 heteroatoms. The molecule has 0 radical (unpaired) electrons. The van der Waals surface area contributed by atoms with E-state index in [9.17, 15) is 19.2 Å². The van der Waals surface area contributed by atoms with Crippen LogP contribution in [0.15, 0.2) is 54.9 Å². The maximum absolute atomic E-state index is 16.0. The minimum absolute atomic E-state index is 0.0436. The molecule has 4 aromatic rings. The summed E-state index contributed by atoms with van der Waals surface area (Å²) in [5.74, 6) is 0.190. The Bertz CT molecular complexity index is 2390. The first-order valence-electron chi connectivity index (χ1n) is 23.8. The highest BCUT2D eigenvalue weighted by Crippen LogP contribution is 2.41. The van der Waals surface area contributed by atoms with Crippen molar-refractivity contribution in [1.82, 2.24) is 40.4 Å². The van der Waals surface area contributed by atoms with Gasteiger partial charge >= 0.3 is 12.2 Å². The van der Waals surface area contributed by atoms with Gasteiger partial charge in [0.15, 0.2) is 0 Å². The first kappa shape index (κ1) is 47.7. The van der Waals surface area contributed by atoms with E-state index in [1.165, 1.54) is 20.3 Å². The Morgan fingerprint density at radius 3 is 1.49 bits per heavy atom. The first-order valence-corrected chi connectivity index (χ1v) is 23.8. The summed E-state index contributed by atoms with van der Waals surface area (Å²) in [7, 11) is 2.59. The van der Waals surface area contributed by atoms with Crippen molar-refractivity contribution in [3.05, 3.63) is 72.3 Å². The average Bonchev–Trinajstić information content (AvgIpc) is 4.13. The summed E-state index contributed by atoms with van der Waals surface area (Å²) in [5, 5.41) is 5.69. The molecule has 4 saturated heterocycles. The Balaban J connectivity index is 0.953. The van der Waals surface area contributed by atoms with Crippen molar-refractivity contribution < 1.29 is 42.5 Å². The van der Waals surface area contributed by atoms with Gasteiger partial charge < -0.3 is 49.3 Å². The number of H-pyrrole nitrogens is 2. The van der Waals surface area contributed by atoms with Gasteiger partial charge in [-0.3, -0.25) is 9.59 Å². The minimum Gasteiger partial charge on any atom is -0.453 e. The number of rotatable bonds is 11. The Morgan fingerprint density at radius 2 is 1.04 bits per heavy atom. The van der Waals surface area contributed by atoms with E-state index in [4.69, 9.17) is 23.9 Å². The fourth-order valence-electron chi connectivity index (χ4n) is 11.2. The number of benzene rings is 2. The zero-order valence-electron chi connectivity index (χ0n) is 39.7. The van der Waals surface area contributed by atoms with E-state index in [1.807, 2.05) is 81.7 Å². The van der Waals surface area contributed by atoms with E-state index in [2.05, 4.69) is 25.6 Å². The molecule has 4 N–H and O–H groups in total. The van der Waals surface area contributed by atoms with Crippen LogP contribution in [0.5, 0.6) is 0 Å². The molecule has 10 atom stereocenters. The molecule has 2 aromatic heterocycles. The van der Waals surface area contributed by atoms with Gasteiger partial charge in [0, 0.05) is 17.6 Å². The van der Waals surface area contributed by atoms with E-state index in [0.717, 1.165) is 36.1 Å². The molecule has 4 aliphatic rings. The number of hydrogen-bond acceptors (Lipinski definition) is 10. The summed E-state index contributed by atoms with van der Waals surface area (Å²) in [4.78, 5) is 73.7. The second-order valence-electron chi connectivity index (χ2n) is 19.2. The van der Waals surface area contributed by atoms with Crippen LogP contribution < -0.4 is 10.6 Å². The SMILES string of the molecule is COC(=O)NC(C(=O)N1[C@@H](C)CC[C@H]1c1ncc(-c2ccc(-c3ccc(-c4cnc([C@@H]5CC[C@H](C)N5C(=O)[C@@H](NC(=O)OC)C5C[C@@H](C)O[C@H](C)C5)[nH]4)c(F)c3)cc2)[nH]1)C1C[C@@H](C)O[C@H](C)C1. The maximum Gasteiger partial charge on any atom is 0.407 e. The Hall–Kier alpha value is -5.81. The minimum atomic E-state index is -0.799. The van der Waals surface area contributed by atoms with Gasteiger partial charge in [0.25, 0.3) is 0 Å². The van der Waals surface area contributed by atoms with Crippen molar-refractivity contribution in [3.8, 4) is 33.6 Å². The third-order valence-electron chi connectivity index (χ3n) is 14.3. The van der Waals surface area contributed by atoms with Crippen molar-refractivity contribution in [2.24, 2.45) is 11.8 Å². The molecule has 0 aliphatic carbocycles. The number of carbonyl (C=O) groups excluding carboxylic acids is 4. The number of nitrogens with one attached hydrogen (secondary N) is 4. The molecule has 2 aromatic carbocycles. The average molecular weight is 925 g/mol. The van der Waals surface area contributed by atoms with E-state index in [0.29, 0.717) is 60.6 Å². The van der Waals surface area contributed by atoms with Gasteiger partial charge in [0.1, 0.15) is 29.5 Å². The van der Waals surface area contributed by atoms with Gasteiger partial charge in [-0.2, -0.15) is 0 Å².